The Morgan fingerprint density at radius 2 is 2.20 bits per heavy atom. The number of likely N-dealkylation sites (tertiary alicyclic amines) is 1. The largest absolute Gasteiger partial charge is 0.471 e. The summed E-state index contributed by atoms with van der Waals surface area (Å²) in [5, 5.41) is 11.6. The zero-order valence-corrected chi connectivity index (χ0v) is 11.9. The molecule has 1 aliphatic heterocycles. The van der Waals surface area contributed by atoms with Crippen molar-refractivity contribution >= 4 is 6.03 Å². The fourth-order valence-electron chi connectivity index (χ4n) is 1.77. The van der Waals surface area contributed by atoms with Crippen LogP contribution < -0.4 is 10.1 Å². The third kappa shape index (κ3) is 3.60. The molecule has 0 atom stereocenters. The fraction of sp³-hybridized carbons (Fsp3) is 0.500. The monoisotopic (exact) mass is 274 g/mol. The first-order chi connectivity index (χ1) is 9.37. The van der Waals surface area contributed by atoms with Crippen molar-refractivity contribution in [2.45, 2.75) is 32.4 Å². The maximum atomic E-state index is 11.8. The highest BCUT2D eigenvalue weighted by Gasteiger charge is 2.33. The number of hydrogen-bond donors (Lipinski definition) is 1. The number of nitriles is 1. The van der Waals surface area contributed by atoms with E-state index in [-0.39, 0.29) is 17.7 Å². The molecule has 0 unspecified atom stereocenters. The number of ether oxygens (including phenoxy) is 1. The van der Waals surface area contributed by atoms with Gasteiger partial charge in [-0.25, -0.2) is 9.78 Å². The molecule has 6 nitrogen and oxygen atoms in total. The average Bonchev–Trinajstić information content (AvgIpc) is 2.31. The predicted octanol–water partition coefficient (Wildman–Crippen LogP) is 1.52. The number of rotatable bonds is 2. The highest BCUT2D eigenvalue weighted by Crippen LogP contribution is 2.17. The van der Waals surface area contributed by atoms with Crippen molar-refractivity contribution in [3.8, 4) is 11.9 Å². The Kier molecular flexibility index (Phi) is 3.79. The number of carbonyl (C=O) groups excluding carboxylic acids is 1. The second kappa shape index (κ2) is 5.37. The van der Waals surface area contributed by atoms with Crippen LogP contribution in [-0.4, -0.2) is 40.6 Å². The lowest BCUT2D eigenvalue weighted by molar-refractivity contribution is 0.0393. The van der Waals surface area contributed by atoms with Gasteiger partial charge in [-0.3, -0.25) is 0 Å². The van der Waals surface area contributed by atoms with E-state index in [2.05, 4.69) is 10.3 Å². The Morgan fingerprint density at radius 1 is 1.50 bits per heavy atom. The molecular weight excluding hydrogens is 256 g/mol. The molecule has 0 spiro atoms. The van der Waals surface area contributed by atoms with E-state index in [9.17, 15) is 4.79 Å². The molecule has 1 fully saturated rings. The van der Waals surface area contributed by atoms with Crippen LogP contribution in [0.15, 0.2) is 18.3 Å². The molecule has 2 heterocycles. The molecule has 106 valence electrons. The molecule has 0 aliphatic carbocycles. The lowest BCUT2D eigenvalue weighted by Crippen LogP contribution is -2.61. The molecule has 6 heteroatoms. The molecule has 1 aromatic rings. The first-order valence-electron chi connectivity index (χ1n) is 6.47. The number of nitrogens with zero attached hydrogens (tertiary/aromatic N) is 3. The minimum absolute atomic E-state index is 0.0406. The van der Waals surface area contributed by atoms with Crippen LogP contribution in [0.4, 0.5) is 4.79 Å². The summed E-state index contributed by atoms with van der Waals surface area (Å²) >= 11 is 0. The smallest absolute Gasteiger partial charge is 0.318 e. The summed E-state index contributed by atoms with van der Waals surface area (Å²) in [7, 11) is 0. The lowest BCUT2D eigenvalue weighted by Gasteiger charge is -2.40. The second-order valence-corrected chi connectivity index (χ2v) is 5.82. The van der Waals surface area contributed by atoms with Crippen LogP contribution >= 0.6 is 0 Å². The van der Waals surface area contributed by atoms with E-state index < -0.39 is 0 Å². The van der Waals surface area contributed by atoms with Crippen molar-refractivity contribution < 1.29 is 9.53 Å². The molecule has 0 radical (unpaired) electrons. The molecule has 2 rings (SSSR count). The van der Waals surface area contributed by atoms with Crippen LogP contribution in [0.25, 0.3) is 0 Å². The van der Waals surface area contributed by atoms with Crippen molar-refractivity contribution in [2.75, 3.05) is 13.1 Å². The van der Waals surface area contributed by atoms with Crippen molar-refractivity contribution in [2.24, 2.45) is 0 Å². The summed E-state index contributed by atoms with van der Waals surface area (Å²) in [6.07, 6.45) is 1.43. The van der Waals surface area contributed by atoms with Crippen molar-refractivity contribution in [3.05, 3.63) is 23.9 Å². The van der Waals surface area contributed by atoms with Gasteiger partial charge in [0.05, 0.1) is 18.7 Å². The van der Waals surface area contributed by atoms with Gasteiger partial charge in [0.15, 0.2) is 0 Å². The number of hydrogen-bond acceptors (Lipinski definition) is 4. The lowest BCUT2D eigenvalue weighted by atomic mass is 10.1. The third-order valence-corrected chi connectivity index (χ3v) is 2.77. The summed E-state index contributed by atoms with van der Waals surface area (Å²) in [6, 6.07) is 5.24. The highest BCUT2D eigenvalue weighted by molar-refractivity contribution is 5.75. The van der Waals surface area contributed by atoms with Gasteiger partial charge in [-0.05, 0) is 26.8 Å². The van der Waals surface area contributed by atoms with Crippen molar-refractivity contribution in [1.29, 1.82) is 5.26 Å². The maximum absolute atomic E-state index is 11.8. The number of urea groups is 1. The SMILES string of the molecule is CC(C)(C)NC(=O)N1CC(Oc2ccc(C#N)cn2)C1. The highest BCUT2D eigenvalue weighted by atomic mass is 16.5. The van der Waals surface area contributed by atoms with Gasteiger partial charge < -0.3 is 15.0 Å². The van der Waals surface area contributed by atoms with Crippen LogP contribution in [0.3, 0.4) is 0 Å². The summed E-state index contributed by atoms with van der Waals surface area (Å²) in [5.74, 6) is 0.477. The topological polar surface area (TPSA) is 78.3 Å². The van der Waals surface area contributed by atoms with Crippen LogP contribution in [0.1, 0.15) is 26.3 Å². The Labute approximate surface area is 118 Å². The molecule has 20 heavy (non-hydrogen) atoms. The zero-order valence-electron chi connectivity index (χ0n) is 11.9. The number of nitrogens with one attached hydrogen (secondary N) is 1. The number of amides is 2. The van der Waals surface area contributed by atoms with Gasteiger partial charge in [-0.15, -0.1) is 0 Å². The summed E-state index contributed by atoms with van der Waals surface area (Å²) in [6.45, 7) is 6.92. The number of aromatic nitrogens is 1. The first-order valence-corrected chi connectivity index (χ1v) is 6.47. The Balaban J connectivity index is 1.79. The van der Waals surface area contributed by atoms with Gasteiger partial charge in [0.25, 0.3) is 0 Å². The molecule has 1 aliphatic rings. The zero-order chi connectivity index (χ0) is 14.8. The van der Waals surface area contributed by atoms with Crippen molar-refractivity contribution in [1.82, 2.24) is 15.2 Å². The van der Waals surface area contributed by atoms with Gasteiger partial charge in [0, 0.05) is 17.8 Å². The standard InChI is InChI=1S/C14H18N4O2/c1-14(2,3)17-13(19)18-8-11(9-18)20-12-5-4-10(6-15)7-16-12/h4-5,7,11H,8-9H2,1-3H3,(H,17,19). The van der Waals surface area contributed by atoms with E-state index >= 15 is 0 Å². The number of carbonyl (C=O) groups is 1. The van der Waals surface area contributed by atoms with Gasteiger partial charge in [0.2, 0.25) is 5.88 Å². The normalized spacial score (nSPS) is 15.2. The minimum Gasteiger partial charge on any atom is -0.471 e. The summed E-state index contributed by atoms with van der Waals surface area (Å²) < 4.78 is 5.62. The van der Waals surface area contributed by atoms with Gasteiger partial charge in [-0.2, -0.15) is 5.26 Å². The molecular formula is C14H18N4O2. The second-order valence-electron chi connectivity index (χ2n) is 5.82. The van der Waals surface area contributed by atoms with Crippen LogP contribution in [0, 0.1) is 11.3 Å². The molecule has 2 amide bonds. The maximum Gasteiger partial charge on any atom is 0.318 e. The fourth-order valence-corrected chi connectivity index (χ4v) is 1.77. The van der Waals surface area contributed by atoms with E-state index in [0.717, 1.165) is 0 Å². The van der Waals surface area contributed by atoms with E-state index in [1.54, 1.807) is 17.0 Å². The van der Waals surface area contributed by atoms with Crippen LogP contribution in [-0.2, 0) is 0 Å². The van der Waals surface area contributed by atoms with E-state index in [4.69, 9.17) is 10.00 Å². The molecule has 1 saturated heterocycles. The summed E-state index contributed by atoms with van der Waals surface area (Å²) in [5.41, 5.74) is 0.259. The Hall–Kier alpha value is -2.29. The predicted molar refractivity (Wildman–Crippen MR) is 73.2 cm³/mol. The van der Waals surface area contributed by atoms with Crippen molar-refractivity contribution in [3.63, 3.8) is 0 Å². The van der Waals surface area contributed by atoms with Crippen LogP contribution in [0.5, 0.6) is 5.88 Å². The van der Waals surface area contributed by atoms with Crippen LogP contribution in [0.2, 0.25) is 0 Å². The Morgan fingerprint density at radius 3 is 2.70 bits per heavy atom. The third-order valence-electron chi connectivity index (χ3n) is 2.77. The van der Waals surface area contributed by atoms with Gasteiger partial charge in [-0.1, -0.05) is 0 Å². The molecule has 0 aromatic carbocycles. The first kappa shape index (κ1) is 14.1. The molecule has 0 bridgehead atoms. The van der Waals surface area contributed by atoms with E-state index in [1.165, 1.54) is 6.20 Å². The van der Waals surface area contributed by atoms with Gasteiger partial charge in [0.1, 0.15) is 12.2 Å². The number of pyridine rings is 1. The quantitative estimate of drug-likeness (QED) is 0.887. The minimum atomic E-state index is -0.238. The average molecular weight is 274 g/mol. The molecule has 1 N–H and O–H groups in total. The summed E-state index contributed by atoms with van der Waals surface area (Å²) in [4.78, 5) is 17.6. The van der Waals surface area contributed by atoms with E-state index in [1.807, 2.05) is 26.8 Å². The molecule has 1 aromatic heterocycles. The van der Waals surface area contributed by atoms with E-state index in [0.29, 0.717) is 24.5 Å². The van der Waals surface area contributed by atoms with Gasteiger partial charge >= 0.3 is 6.03 Å². The molecule has 0 saturated carbocycles. The Bertz CT molecular complexity index is 522.